The van der Waals surface area contributed by atoms with Gasteiger partial charge in [0.1, 0.15) is 12.3 Å². The molecule has 2 aromatic carbocycles. The van der Waals surface area contributed by atoms with Crippen molar-refractivity contribution in [1.29, 1.82) is 0 Å². The number of anilines is 1. The highest BCUT2D eigenvalue weighted by atomic mass is 16.7. The Bertz CT molecular complexity index is 913. The molecule has 8 heteroatoms. The standard InChI is InChI=1S/C20H23N3O5/c1-13-5-4-6-18(14(13)2)21-19(24)10-22(3)9-15-7-17(23(25)26)8-16-11-27-12-28-20(15)16/h4-8H,9-12H2,1-3H3,(H,21,24)/p+1. The summed E-state index contributed by atoms with van der Waals surface area (Å²) in [6.45, 7) is 5.00. The monoisotopic (exact) mass is 386 g/mol. The molecule has 0 radical (unpaired) electrons. The van der Waals surface area contributed by atoms with Crippen LogP contribution in [0.15, 0.2) is 30.3 Å². The second-order valence-electron chi connectivity index (χ2n) is 7.07. The lowest BCUT2D eigenvalue weighted by molar-refractivity contribution is -0.885. The maximum Gasteiger partial charge on any atom is 0.279 e. The first-order chi connectivity index (χ1) is 13.3. The third kappa shape index (κ3) is 4.47. The van der Waals surface area contributed by atoms with Crippen molar-refractivity contribution in [3.05, 3.63) is 62.7 Å². The van der Waals surface area contributed by atoms with Gasteiger partial charge in [0.2, 0.25) is 0 Å². The molecular formula is C20H24N3O5+. The first kappa shape index (κ1) is 19.8. The van der Waals surface area contributed by atoms with Gasteiger partial charge >= 0.3 is 0 Å². The number of nitrogens with zero attached hydrogens (tertiary/aromatic N) is 1. The van der Waals surface area contributed by atoms with Crippen molar-refractivity contribution < 1.29 is 24.1 Å². The van der Waals surface area contributed by atoms with Gasteiger partial charge in [-0.15, -0.1) is 0 Å². The molecule has 2 N–H and O–H groups in total. The molecule has 28 heavy (non-hydrogen) atoms. The molecular weight excluding hydrogens is 362 g/mol. The Balaban J connectivity index is 1.71. The number of ether oxygens (including phenoxy) is 2. The molecule has 2 aromatic rings. The van der Waals surface area contributed by atoms with Crippen molar-refractivity contribution in [2.75, 3.05) is 25.7 Å². The number of hydrogen-bond donors (Lipinski definition) is 2. The number of benzene rings is 2. The number of nitrogens with one attached hydrogen (secondary N) is 2. The minimum atomic E-state index is -0.430. The van der Waals surface area contributed by atoms with Crippen molar-refractivity contribution in [3.8, 4) is 5.75 Å². The highest BCUT2D eigenvalue weighted by Gasteiger charge is 2.23. The third-order valence-electron chi connectivity index (χ3n) is 4.82. The second kappa shape index (κ2) is 8.37. The first-order valence-corrected chi connectivity index (χ1v) is 9.03. The van der Waals surface area contributed by atoms with E-state index in [1.165, 1.54) is 12.1 Å². The lowest BCUT2D eigenvalue weighted by atomic mass is 10.1. The van der Waals surface area contributed by atoms with Crippen LogP contribution in [-0.4, -0.2) is 31.2 Å². The van der Waals surface area contributed by atoms with E-state index < -0.39 is 4.92 Å². The van der Waals surface area contributed by atoms with Crippen LogP contribution in [0.5, 0.6) is 5.75 Å². The number of carbonyl (C=O) groups is 1. The van der Waals surface area contributed by atoms with Crippen LogP contribution < -0.4 is 15.0 Å². The van der Waals surface area contributed by atoms with E-state index in [2.05, 4.69) is 5.32 Å². The number of fused-ring (bicyclic) bond motifs is 1. The molecule has 0 saturated heterocycles. The van der Waals surface area contributed by atoms with Crippen molar-refractivity contribution in [2.24, 2.45) is 0 Å². The van der Waals surface area contributed by atoms with E-state index in [1.54, 1.807) is 0 Å². The number of nitro benzene ring substituents is 1. The van der Waals surface area contributed by atoms with Gasteiger partial charge in [-0.2, -0.15) is 0 Å². The minimum Gasteiger partial charge on any atom is -0.467 e. The minimum absolute atomic E-state index is 0.00418. The first-order valence-electron chi connectivity index (χ1n) is 9.03. The number of hydrogen-bond acceptors (Lipinski definition) is 5. The number of quaternary nitrogens is 1. The molecule has 0 saturated carbocycles. The molecule has 1 aliphatic rings. The topological polar surface area (TPSA) is 95.1 Å². The molecule has 8 nitrogen and oxygen atoms in total. The predicted octanol–water partition coefficient (Wildman–Crippen LogP) is 1.73. The number of non-ortho nitro benzene ring substituents is 1. The second-order valence-corrected chi connectivity index (χ2v) is 7.07. The zero-order chi connectivity index (χ0) is 20.3. The molecule has 0 fully saturated rings. The van der Waals surface area contributed by atoms with Crippen LogP contribution in [0, 0.1) is 24.0 Å². The van der Waals surface area contributed by atoms with Gasteiger partial charge in [-0.05, 0) is 31.0 Å². The quantitative estimate of drug-likeness (QED) is 0.582. The number of aryl methyl sites for hydroxylation is 1. The van der Waals surface area contributed by atoms with Crippen LogP contribution >= 0.6 is 0 Å². The van der Waals surface area contributed by atoms with Crippen LogP contribution in [0.3, 0.4) is 0 Å². The number of rotatable bonds is 6. The number of nitro groups is 1. The number of likely N-dealkylation sites (N-methyl/N-ethyl adjacent to an activating group) is 1. The molecule has 3 rings (SSSR count). The lowest BCUT2D eigenvalue weighted by Crippen LogP contribution is -3.08. The van der Waals surface area contributed by atoms with Crippen LogP contribution in [0.25, 0.3) is 0 Å². The lowest BCUT2D eigenvalue weighted by Gasteiger charge is -2.22. The van der Waals surface area contributed by atoms with Gasteiger partial charge in [-0.1, -0.05) is 12.1 Å². The molecule has 0 aliphatic carbocycles. The Morgan fingerprint density at radius 1 is 1.32 bits per heavy atom. The summed E-state index contributed by atoms with van der Waals surface area (Å²) in [6, 6.07) is 8.76. The maximum absolute atomic E-state index is 12.4. The Hall–Kier alpha value is -2.97. The van der Waals surface area contributed by atoms with E-state index >= 15 is 0 Å². The van der Waals surface area contributed by atoms with E-state index in [0.717, 1.165) is 21.7 Å². The smallest absolute Gasteiger partial charge is 0.279 e. The predicted molar refractivity (Wildman–Crippen MR) is 103 cm³/mol. The highest BCUT2D eigenvalue weighted by Crippen LogP contribution is 2.32. The molecule has 0 bridgehead atoms. The van der Waals surface area contributed by atoms with Gasteiger partial charge in [0.15, 0.2) is 13.3 Å². The third-order valence-corrected chi connectivity index (χ3v) is 4.82. The SMILES string of the molecule is Cc1cccc(NC(=O)C[NH+](C)Cc2cc([N+](=O)[O-])cc3c2OCOC3)c1C. The van der Waals surface area contributed by atoms with E-state index in [1.807, 2.05) is 39.1 Å². The molecule has 148 valence electrons. The van der Waals surface area contributed by atoms with Crippen LogP contribution in [0.4, 0.5) is 11.4 Å². The molecule has 0 spiro atoms. The van der Waals surface area contributed by atoms with Crippen LogP contribution in [0.1, 0.15) is 22.3 Å². The fraction of sp³-hybridized carbons (Fsp3) is 0.350. The average molecular weight is 386 g/mol. The fourth-order valence-corrected chi connectivity index (χ4v) is 3.26. The van der Waals surface area contributed by atoms with Crippen molar-refractivity contribution in [3.63, 3.8) is 0 Å². The summed E-state index contributed by atoms with van der Waals surface area (Å²) in [5, 5.41) is 14.2. The fourth-order valence-electron chi connectivity index (χ4n) is 3.26. The van der Waals surface area contributed by atoms with Crippen molar-refractivity contribution in [2.45, 2.75) is 27.0 Å². The van der Waals surface area contributed by atoms with Gasteiger partial charge in [-0.25, -0.2) is 0 Å². The van der Waals surface area contributed by atoms with E-state index in [4.69, 9.17) is 9.47 Å². The summed E-state index contributed by atoms with van der Waals surface area (Å²) in [7, 11) is 1.87. The molecule has 1 heterocycles. The molecule has 0 aromatic heterocycles. The summed E-state index contributed by atoms with van der Waals surface area (Å²) in [5.74, 6) is 0.501. The number of amides is 1. The van der Waals surface area contributed by atoms with Gasteiger partial charge in [0, 0.05) is 23.4 Å². The Kier molecular flexibility index (Phi) is 5.91. The summed E-state index contributed by atoms with van der Waals surface area (Å²) in [5.41, 5.74) is 4.30. The Labute approximate surface area is 163 Å². The summed E-state index contributed by atoms with van der Waals surface area (Å²) >= 11 is 0. The average Bonchev–Trinajstić information content (AvgIpc) is 2.65. The van der Waals surface area contributed by atoms with Gasteiger partial charge < -0.3 is 19.7 Å². The van der Waals surface area contributed by atoms with E-state index in [9.17, 15) is 14.9 Å². The van der Waals surface area contributed by atoms with Crippen molar-refractivity contribution in [1.82, 2.24) is 0 Å². The molecule has 1 atom stereocenters. The largest absolute Gasteiger partial charge is 0.467 e. The van der Waals surface area contributed by atoms with E-state index in [0.29, 0.717) is 23.4 Å². The number of carbonyl (C=O) groups excluding carboxylic acids is 1. The van der Waals surface area contributed by atoms with Gasteiger partial charge in [0.05, 0.1) is 24.1 Å². The van der Waals surface area contributed by atoms with E-state index in [-0.39, 0.29) is 31.5 Å². The Morgan fingerprint density at radius 2 is 2.11 bits per heavy atom. The van der Waals surface area contributed by atoms with Gasteiger partial charge in [-0.3, -0.25) is 14.9 Å². The summed E-state index contributed by atoms with van der Waals surface area (Å²) in [4.78, 5) is 24.1. The molecule has 1 aliphatic heterocycles. The Morgan fingerprint density at radius 3 is 2.86 bits per heavy atom. The zero-order valence-electron chi connectivity index (χ0n) is 16.2. The normalized spacial score (nSPS) is 14.0. The summed E-state index contributed by atoms with van der Waals surface area (Å²) in [6.07, 6.45) is 0. The molecule has 1 unspecified atom stereocenters. The van der Waals surface area contributed by atoms with Crippen molar-refractivity contribution >= 4 is 17.3 Å². The van der Waals surface area contributed by atoms with Crippen LogP contribution in [0.2, 0.25) is 0 Å². The zero-order valence-corrected chi connectivity index (χ0v) is 16.2. The summed E-state index contributed by atoms with van der Waals surface area (Å²) < 4.78 is 10.8. The highest BCUT2D eigenvalue weighted by molar-refractivity contribution is 5.92. The maximum atomic E-state index is 12.4. The van der Waals surface area contributed by atoms with Crippen LogP contribution in [-0.2, 0) is 22.7 Å². The van der Waals surface area contributed by atoms with Gasteiger partial charge in [0.25, 0.3) is 11.6 Å². The molecule has 1 amide bonds.